The largest absolute Gasteiger partial charge is 0.480 e. The number of guanidine groups is 1. The van der Waals surface area contributed by atoms with E-state index in [0.29, 0.717) is 12.1 Å². The third kappa shape index (κ3) is 11.0. The van der Waals surface area contributed by atoms with E-state index in [1.807, 2.05) is 30.3 Å². The second-order valence-electron chi connectivity index (χ2n) is 8.73. The van der Waals surface area contributed by atoms with E-state index < -0.39 is 47.9 Å². The van der Waals surface area contributed by atoms with Gasteiger partial charge >= 0.3 is 5.97 Å². The topological polar surface area (TPSA) is 244 Å². The molecule has 0 fully saturated rings. The smallest absolute Gasteiger partial charge is 0.327 e. The number of carbonyl (C=O) groups excluding carboxylic acids is 3. The molecular weight excluding hydrogens is 526 g/mol. The third-order valence-electron chi connectivity index (χ3n) is 5.62. The molecule has 0 unspecified atom stereocenters. The third-order valence-corrected chi connectivity index (χ3v) is 5.99. The second-order valence-corrected chi connectivity index (χ2v) is 9.10. The molecule has 0 radical (unpaired) electrons. The van der Waals surface area contributed by atoms with Crippen LogP contribution < -0.4 is 33.2 Å². The molecule has 1 aromatic heterocycles. The lowest BCUT2D eigenvalue weighted by Crippen LogP contribution is -2.58. The molecule has 2 aromatic rings. The highest BCUT2D eigenvalue weighted by Crippen LogP contribution is 2.06. The lowest BCUT2D eigenvalue weighted by atomic mass is 10.0. The van der Waals surface area contributed by atoms with Gasteiger partial charge in [0, 0.05) is 30.6 Å². The molecule has 0 aliphatic rings. The summed E-state index contributed by atoms with van der Waals surface area (Å²) in [6, 6.07) is 4.70. The number of nitrogens with zero attached hydrogens (tertiary/aromatic N) is 2. The Labute approximate surface area is 231 Å². The van der Waals surface area contributed by atoms with Gasteiger partial charge in [-0.3, -0.25) is 19.4 Å². The van der Waals surface area contributed by atoms with E-state index in [4.69, 9.17) is 17.2 Å². The van der Waals surface area contributed by atoms with E-state index in [-0.39, 0.29) is 37.5 Å². The second kappa shape index (κ2) is 16.0. The van der Waals surface area contributed by atoms with Crippen molar-refractivity contribution in [2.75, 3.05) is 12.3 Å². The fourth-order valence-corrected chi connectivity index (χ4v) is 3.81. The van der Waals surface area contributed by atoms with E-state index in [9.17, 15) is 24.3 Å². The monoisotopic (exact) mass is 561 g/mol. The minimum atomic E-state index is -1.28. The first-order chi connectivity index (χ1) is 18.6. The number of hydrogen-bond donors (Lipinski definition) is 9. The van der Waals surface area contributed by atoms with Crippen molar-refractivity contribution in [3.05, 3.63) is 54.1 Å². The summed E-state index contributed by atoms with van der Waals surface area (Å²) >= 11 is 3.96. The minimum Gasteiger partial charge on any atom is -0.480 e. The minimum absolute atomic E-state index is 0.0152. The molecule has 212 valence electrons. The highest BCUT2D eigenvalue weighted by molar-refractivity contribution is 7.80. The van der Waals surface area contributed by atoms with Crippen LogP contribution in [0.3, 0.4) is 0 Å². The van der Waals surface area contributed by atoms with Gasteiger partial charge in [-0.25, -0.2) is 9.78 Å². The average Bonchev–Trinajstić information content (AvgIpc) is 3.41. The van der Waals surface area contributed by atoms with Crippen molar-refractivity contribution in [2.45, 2.75) is 49.9 Å². The molecule has 4 atom stereocenters. The summed E-state index contributed by atoms with van der Waals surface area (Å²) < 4.78 is 0. The maximum atomic E-state index is 13.3. The maximum absolute atomic E-state index is 13.3. The molecular formula is C24H35N9O5S. The molecule has 0 saturated heterocycles. The number of thiol groups is 1. The number of aromatic nitrogens is 2. The van der Waals surface area contributed by atoms with Gasteiger partial charge in [-0.1, -0.05) is 30.3 Å². The van der Waals surface area contributed by atoms with Crippen LogP contribution in [0.4, 0.5) is 0 Å². The van der Waals surface area contributed by atoms with Crippen LogP contribution in [0.15, 0.2) is 47.8 Å². The van der Waals surface area contributed by atoms with E-state index in [1.165, 1.54) is 12.5 Å². The summed E-state index contributed by atoms with van der Waals surface area (Å²) in [7, 11) is 0. The Kier molecular flexibility index (Phi) is 12.8. The van der Waals surface area contributed by atoms with Crippen LogP contribution in [0.25, 0.3) is 0 Å². The number of hydrogen-bond acceptors (Lipinski definition) is 8. The summed E-state index contributed by atoms with van der Waals surface area (Å²) in [6.45, 7) is 0.207. The molecule has 0 spiro atoms. The summed E-state index contributed by atoms with van der Waals surface area (Å²) in [5.74, 6) is -3.52. The zero-order valence-electron chi connectivity index (χ0n) is 21.2. The molecule has 0 aliphatic heterocycles. The van der Waals surface area contributed by atoms with Crippen molar-refractivity contribution >= 4 is 42.3 Å². The standard InChI is InChI=1S/C24H35N9O5S/c25-16(9-14-5-2-1-3-6-14)20(34)31-17(7-4-8-29-24(26)27)21(35)32-18(10-15-11-28-13-30-15)22(36)33-19(12-39)23(37)38/h1-3,5-6,11,13,16-19,39H,4,7-10,12,25H2,(H,28,30)(H,31,34)(H,32,35)(H,33,36)(H,37,38)(H4,26,27,29)/t16-,17-,18-,19-/m0/s1. The van der Waals surface area contributed by atoms with Gasteiger partial charge in [0.2, 0.25) is 17.7 Å². The van der Waals surface area contributed by atoms with E-state index in [2.05, 4.69) is 43.5 Å². The Morgan fingerprint density at radius 2 is 1.62 bits per heavy atom. The summed E-state index contributed by atoms with van der Waals surface area (Å²) in [5, 5.41) is 16.9. The molecule has 15 heteroatoms. The van der Waals surface area contributed by atoms with Crippen LogP contribution in [0, 0.1) is 0 Å². The maximum Gasteiger partial charge on any atom is 0.327 e. The quantitative estimate of drug-likeness (QED) is 0.0477. The van der Waals surface area contributed by atoms with Crippen molar-refractivity contribution in [1.82, 2.24) is 25.9 Å². The number of imidazole rings is 1. The van der Waals surface area contributed by atoms with Gasteiger partial charge in [-0.2, -0.15) is 12.6 Å². The Bertz CT molecular complexity index is 1110. The van der Waals surface area contributed by atoms with Gasteiger partial charge in [0.05, 0.1) is 12.4 Å². The zero-order chi connectivity index (χ0) is 28.8. The Morgan fingerprint density at radius 3 is 2.21 bits per heavy atom. The Balaban J connectivity index is 2.18. The molecule has 1 heterocycles. The average molecular weight is 562 g/mol. The zero-order valence-corrected chi connectivity index (χ0v) is 22.1. The summed E-state index contributed by atoms with van der Waals surface area (Å²) in [4.78, 5) is 61.2. The normalized spacial score (nSPS) is 13.8. The van der Waals surface area contributed by atoms with Crippen LogP contribution in [0.5, 0.6) is 0 Å². The molecule has 0 aliphatic carbocycles. The number of carboxylic acids is 1. The number of carboxylic acid groups (broad SMARTS) is 1. The lowest BCUT2D eigenvalue weighted by molar-refractivity contribution is -0.141. The van der Waals surface area contributed by atoms with Crippen LogP contribution in [0.2, 0.25) is 0 Å². The summed E-state index contributed by atoms with van der Waals surface area (Å²) in [5.41, 5.74) is 18.2. The van der Waals surface area contributed by atoms with Crippen LogP contribution in [0.1, 0.15) is 24.1 Å². The lowest BCUT2D eigenvalue weighted by Gasteiger charge is -2.25. The van der Waals surface area contributed by atoms with Gasteiger partial charge in [-0.15, -0.1) is 0 Å². The van der Waals surface area contributed by atoms with Crippen LogP contribution in [-0.2, 0) is 32.0 Å². The molecule has 3 amide bonds. The van der Waals surface area contributed by atoms with Crippen molar-refractivity contribution < 1.29 is 24.3 Å². The Morgan fingerprint density at radius 1 is 0.974 bits per heavy atom. The number of nitrogens with one attached hydrogen (secondary N) is 4. The van der Waals surface area contributed by atoms with Crippen LogP contribution in [-0.4, -0.2) is 81.2 Å². The molecule has 11 N–H and O–H groups in total. The number of amides is 3. The van der Waals surface area contributed by atoms with Crippen molar-refractivity contribution in [1.29, 1.82) is 0 Å². The number of aliphatic imine (C=N–C) groups is 1. The van der Waals surface area contributed by atoms with Crippen LogP contribution >= 0.6 is 12.6 Å². The number of aliphatic carboxylic acids is 1. The predicted octanol–water partition coefficient (Wildman–Crippen LogP) is -1.96. The van der Waals surface area contributed by atoms with E-state index >= 15 is 0 Å². The molecule has 39 heavy (non-hydrogen) atoms. The van der Waals surface area contributed by atoms with E-state index in [0.717, 1.165) is 5.56 Å². The number of carbonyl (C=O) groups is 4. The molecule has 1 aromatic carbocycles. The molecule has 2 rings (SSSR count). The van der Waals surface area contributed by atoms with Crippen molar-refractivity contribution in [2.24, 2.45) is 22.2 Å². The first-order valence-electron chi connectivity index (χ1n) is 12.2. The van der Waals surface area contributed by atoms with Gasteiger partial charge in [-0.05, 0) is 24.8 Å². The van der Waals surface area contributed by atoms with Gasteiger partial charge in [0.1, 0.15) is 18.1 Å². The highest BCUT2D eigenvalue weighted by atomic mass is 32.1. The molecule has 14 nitrogen and oxygen atoms in total. The summed E-state index contributed by atoms with van der Waals surface area (Å²) in [6.07, 6.45) is 3.58. The first-order valence-corrected chi connectivity index (χ1v) is 12.8. The number of aromatic amines is 1. The van der Waals surface area contributed by atoms with E-state index in [1.54, 1.807) is 0 Å². The van der Waals surface area contributed by atoms with Gasteiger partial charge < -0.3 is 43.2 Å². The Hall–Kier alpha value is -4.11. The predicted molar refractivity (Wildman–Crippen MR) is 148 cm³/mol. The first kappa shape index (κ1) is 31.1. The number of rotatable bonds is 16. The van der Waals surface area contributed by atoms with Crippen molar-refractivity contribution in [3.63, 3.8) is 0 Å². The molecule has 0 saturated carbocycles. The van der Waals surface area contributed by atoms with Gasteiger partial charge in [0.15, 0.2) is 5.96 Å². The SMILES string of the molecule is NC(N)=NCCC[C@H](NC(=O)[C@@H](N)Cc1ccccc1)C(=O)N[C@@H](Cc1cnc[nH]1)C(=O)N[C@@H](CS)C(=O)O. The molecule has 0 bridgehead atoms. The number of benzene rings is 1. The fraction of sp³-hybridized carbons (Fsp3) is 0.417. The fourth-order valence-electron chi connectivity index (χ4n) is 3.57. The van der Waals surface area contributed by atoms with Crippen molar-refractivity contribution in [3.8, 4) is 0 Å². The highest BCUT2D eigenvalue weighted by Gasteiger charge is 2.30. The number of nitrogens with two attached hydrogens (primary N) is 3. The van der Waals surface area contributed by atoms with Gasteiger partial charge in [0.25, 0.3) is 0 Å². The number of H-pyrrole nitrogens is 1.